The minimum Gasteiger partial charge on any atom is -0.324 e. The van der Waals surface area contributed by atoms with Gasteiger partial charge in [-0.3, -0.25) is 5.10 Å². The van der Waals surface area contributed by atoms with Crippen molar-refractivity contribution in [3.8, 4) is 0 Å². The van der Waals surface area contributed by atoms with Gasteiger partial charge in [-0.25, -0.2) is 9.97 Å². The lowest BCUT2D eigenvalue weighted by atomic mass is 10.1. The van der Waals surface area contributed by atoms with Gasteiger partial charge in [0.05, 0.1) is 6.04 Å². The van der Waals surface area contributed by atoms with E-state index in [9.17, 15) is 0 Å². The van der Waals surface area contributed by atoms with Crippen molar-refractivity contribution < 1.29 is 0 Å². The Balaban J connectivity index is 1.80. The van der Waals surface area contributed by atoms with E-state index < -0.39 is 0 Å². The molecule has 0 radical (unpaired) electrons. The van der Waals surface area contributed by atoms with E-state index in [1.165, 1.54) is 5.56 Å². The van der Waals surface area contributed by atoms with Crippen molar-refractivity contribution in [3.05, 3.63) is 65.8 Å². The molecule has 0 bridgehead atoms. The molecule has 0 saturated heterocycles. The van der Waals surface area contributed by atoms with Gasteiger partial charge < -0.3 is 4.57 Å². The number of hydrogen-bond acceptors (Lipinski definition) is 3. The summed E-state index contributed by atoms with van der Waals surface area (Å²) in [6.45, 7) is 6.39. The fourth-order valence-electron chi connectivity index (χ4n) is 2.59. The van der Waals surface area contributed by atoms with E-state index in [2.05, 4.69) is 57.6 Å². The number of aromatic amines is 1. The Morgan fingerprint density at radius 2 is 1.91 bits per heavy atom. The summed E-state index contributed by atoms with van der Waals surface area (Å²) in [4.78, 5) is 9.08. The molecule has 1 N–H and O–H groups in total. The second kappa shape index (κ2) is 6.13. The summed E-state index contributed by atoms with van der Waals surface area (Å²) in [6.07, 6.45) is 4.60. The summed E-state index contributed by atoms with van der Waals surface area (Å²) in [6, 6.07) is 10.4. The Hall–Kier alpha value is -2.43. The second-order valence-corrected chi connectivity index (χ2v) is 5.83. The van der Waals surface area contributed by atoms with Gasteiger partial charge >= 0.3 is 0 Å². The third-order valence-corrected chi connectivity index (χ3v) is 3.77. The number of nitrogens with one attached hydrogen (secondary N) is 1. The third-order valence-electron chi connectivity index (χ3n) is 3.77. The molecular formula is C17H21N5. The van der Waals surface area contributed by atoms with E-state index in [1.807, 2.05) is 30.6 Å². The highest BCUT2D eigenvalue weighted by Gasteiger charge is 2.18. The summed E-state index contributed by atoms with van der Waals surface area (Å²) in [5.74, 6) is 3.12. The molecule has 114 valence electrons. The van der Waals surface area contributed by atoms with E-state index in [0.29, 0.717) is 5.92 Å². The minimum atomic E-state index is 0.0701. The van der Waals surface area contributed by atoms with E-state index in [-0.39, 0.29) is 6.04 Å². The third kappa shape index (κ3) is 2.93. The predicted molar refractivity (Wildman–Crippen MR) is 85.8 cm³/mol. The van der Waals surface area contributed by atoms with Crippen LogP contribution in [0.25, 0.3) is 0 Å². The van der Waals surface area contributed by atoms with Gasteiger partial charge in [0, 0.05) is 24.7 Å². The first-order valence-electron chi connectivity index (χ1n) is 7.63. The SMILES string of the molecule is CC(C)c1nccn1C(C)c1n[nH]c(Cc2ccccc2)n1. The van der Waals surface area contributed by atoms with Gasteiger partial charge in [0.15, 0.2) is 5.82 Å². The maximum absolute atomic E-state index is 4.65. The zero-order valence-corrected chi connectivity index (χ0v) is 13.2. The Morgan fingerprint density at radius 1 is 1.14 bits per heavy atom. The van der Waals surface area contributed by atoms with Crippen molar-refractivity contribution in [1.82, 2.24) is 24.7 Å². The molecule has 0 amide bonds. The van der Waals surface area contributed by atoms with Crippen LogP contribution in [0.5, 0.6) is 0 Å². The number of nitrogens with zero attached hydrogens (tertiary/aromatic N) is 4. The molecule has 0 aliphatic heterocycles. The average Bonchev–Trinajstić information content (AvgIpc) is 3.16. The average molecular weight is 295 g/mol. The highest BCUT2D eigenvalue weighted by Crippen LogP contribution is 2.21. The van der Waals surface area contributed by atoms with Crippen molar-refractivity contribution in [3.63, 3.8) is 0 Å². The highest BCUT2D eigenvalue weighted by atomic mass is 15.2. The van der Waals surface area contributed by atoms with Crippen molar-refractivity contribution in [2.45, 2.75) is 39.2 Å². The Kier molecular flexibility index (Phi) is 4.04. The fourth-order valence-corrected chi connectivity index (χ4v) is 2.59. The molecule has 3 aromatic rings. The molecule has 0 saturated carbocycles. The molecule has 3 rings (SSSR count). The maximum atomic E-state index is 4.65. The molecule has 1 unspecified atom stereocenters. The van der Waals surface area contributed by atoms with Crippen molar-refractivity contribution in [1.29, 1.82) is 0 Å². The molecule has 2 heterocycles. The monoisotopic (exact) mass is 295 g/mol. The number of aromatic nitrogens is 5. The van der Waals surface area contributed by atoms with Crippen LogP contribution < -0.4 is 0 Å². The molecule has 5 nitrogen and oxygen atoms in total. The molecule has 22 heavy (non-hydrogen) atoms. The van der Waals surface area contributed by atoms with E-state index in [4.69, 9.17) is 0 Å². The first-order chi connectivity index (χ1) is 10.6. The fraction of sp³-hybridized carbons (Fsp3) is 0.353. The van der Waals surface area contributed by atoms with Crippen LogP contribution in [0, 0.1) is 0 Å². The number of imidazole rings is 1. The van der Waals surface area contributed by atoms with Crippen LogP contribution in [-0.2, 0) is 6.42 Å². The molecule has 0 fully saturated rings. The van der Waals surface area contributed by atoms with Crippen LogP contribution in [0.15, 0.2) is 42.7 Å². The van der Waals surface area contributed by atoms with Gasteiger partial charge in [0.2, 0.25) is 0 Å². The molecule has 0 aliphatic rings. The lowest BCUT2D eigenvalue weighted by molar-refractivity contribution is 0.554. The molecule has 2 aromatic heterocycles. The largest absolute Gasteiger partial charge is 0.324 e. The topological polar surface area (TPSA) is 59.4 Å². The van der Waals surface area contributed by atoms with Crippen LogP contribution >= 0.6 is 0 Å². The van der Waals surface area contributed by atoms with E-state index >= 15 is 0 Å². The Labute approximate surface area is 130 Å². The second-order valence-electron chi connectivity index (χ2n) is 5.83. The number of hydrogen-bond donors (Lipinski definition) is 1. The zero-order chi connectivity index (χ0) is 15.5. The molecule has 0 spiro atoms. The van der Waals surface area contributed by atoms with Crippen molar-refractivity contribution in [2.75, 3.05) is 0 Å². The van der Waals surface area contributed by atoms with Gasteiger partial charge in [-0.05, 0) is 12.5 Å². The smallest absolute Gasteiger partial charge is 0.173 e. The van der Waals surface area contributed by atoms with Gasteiger partial charge in [0.25, 0.3) is 0 Å². The number of benzene rings is 1. The number of H-pyrrole nitrogens is 1. The van der Waals surface area contributed by atoms with Gasteiger partial charge in [0.1, 0.15) is 11.6 Å². The zero-order valence-electron chi connectivity index (χ0n) is 13.2. The van der Waals surface area contributed by atoms with Crippen LogP contribution in [-0.4, -0.2) is 24.7 Å². The Bertz CT molecular complexity index is 726. The normalized spacial score (nSPS) is 12.7. The molecule has 5 heteroatoms. The lowest BCUT2D eigenvalue weighted by Crippen LogP contribution is -2.12. The van der Waals surface area contributed by atoms with Crippen LogP contribution in [0.2, 0.25) is 0 Å². The van der Waals surface area contributed by atoms with Gasteiger partial charge in [-0.15, -0.1) is 0 Å². The van der Waals surface area contributed by atoms with E-state index in [1.54, 1.807) is 0 Å². The summed E-state index contributed by atoms with van der Waals surface area (Å²) in [5.41, 5.74) is 1.23. The summed E-state index contributed by atoms with van der Waals surface area (Å²) < 4.78 is 2.14. The standard InChI is InChI=1S/C17H21N5/c1-12(2)17-18-9-10-22(17)13(3)16-19-15(20-21-16)11-14-7-5-4-6-8-14/h4-10,12-13H,11H2,1-3H3,(H,19,20,21). The maximum Gasteiger partial charge on any atom is 0.173 e. The number of rotatable bonds is 5. The first kappa shape index (κ1) is 14.5. The van der Waals surface area contributed by atoms with Gasteiger partial charge in [-0.2, -0.15) is 5.10 Å². The van der Waals surface area contributed by atoms with Crippen LogP contribution in [0.4, 0.5) is 0 Å². The highest BCUT2D eigenvalue weighted by molar-refractivity contribution is 5.19. The molecule has 0 aliphatic carbocycles. The van der Waals surface area contributed by atoms with Gasteiger partial charge in [-0.1, -0.05) is 44.2 Å². The Morgan fingerprint density at radius 3 is 2.64 bits per heavy atom. The van der Waals surface area contributed by atoms with Crippen LogP contribution in [0.1, 0.15) is 55.8 Å². The summed E-state index contributed by atoms with van der Waals surface area (Å²) in [5, 5.41) is 7.43. The minimum absolute atomic E-state index is 0.0701. The summed E-state index contributed by atoms with van der Waals surface area (Å²) in [7, 11) is 0. The molecule has 1 atom stereocenters. The predicted octanol–water partition coefficient (Wildman–Crippen LogP) is 3.32. The molecule has 1 aromatic carbocycles. The van der Waals surface area contributed by atoms with Crippen molar-refractivity contribution >= 4 is 0 Å². The molecular weight excluding hydrogens is 274 g/mol. The van der Waals surface area contributed by atoms with Crippen molar-refractivity contribution in [2.24, 2.45) is 0 Å². The first-order valence-corrected chi connectivity index (χ1v) is 7.63. The lowest BCUT2D eigenvalue weighted by Gasteiger charge is -2.15. The van der Waals surface area contributed by atoms with Crippen LogP contribution in [0.3, 0.4) is 0 Å². The quantitative estimate of drug-likeness (QED) is 0.785. The van der Waals surface area contributed by atoms with E-state index in [0.717, 1.165) is 23.9 Å². The summed E-state index contributed by atoms with van der Waals surface area (Å²) >= 11 is 0.